The lowest BCUT2D eigenvalue weighted by Gasteiger charge is -2.23. The molecule has 1 fully saturated rings. The van der Waals surface area contributed by atoms with Crippen LogP contribution in [-0.2, 0) is 0 Å². The summed E-state index contributed by atoms with van der Waals surface area (Å²) in [5, 5.41) is -0.0858. The minimum absolute atomic E-state index is 0.0858. The molecule has 0 amide bonds. The van der Waals surface area contributed by atoms with Gasteiger partial charge in [-0.2, -0.15) is 0 Å². The lowest BCUT2D eigenvalue weighted by atomic mass is 9.97. The summed E-state index contributed by atoms with van der Waals surface area (Å²) in [6.45, 7) is 6.66. The van der Waals surface area contributed by atoms with Crippen molar-refractivity contribution >= 4 is 22.8 Å². The van der Waals surface area contributed by atoms with Crippen molar-refractivity contribution in [3.8, 4) is 0 Å². The molecule has 3 rings (SSSR count). The third-order valence-corrected chi connectivity index (χ3v) is 4.78. The van der Waals surface area contributed by atoms with Gasteiger partial charge in [0.2, 0.25) is 0 Å². The van der Waals surface area contributed by atoms with Crippen LogP contribution in [0.15, 0.2) is 18.3 Å². The van der Waals surface area contributed by atoms with E-state index in [0.29, 0.717) is 12.0 Å². The zero-order chi connectivity index (χ0) is 13.6. The number of imidazole rings is 1. The number of rotatable bonds is 2. The average molecular weight is 278 g/mol. The molecule has 0 N–H and O–H groups in total. The second-order valence-corrected chi connectivity index (χ2v) is 6.44. The molecule has 1 saturated carbocycles. The van der Waals surface area contributed by atoms with Crippen LogP contribution in [-0.4, -0.2) is 14.5 Å². The van der Waals surface area contributed by atoms with Gasteiger partial charge in [0.1, 0.15) is 11.3 Å². The molecule has 0 spiro atoms. The van der Waals surface area contributed by atoms with E-state index < -0.39 is 0 Å². The standard InChI is InChI=1S/C15H20ClN3/c1-9-6-7-13(10(9)2)19-14(11(3)16)18-12-5-4-8-17-15(12)19/h4-5,8-11,13H,6-7H2,1-3H3. The van der Waals surface area contributed by atoms with Crippen molar-refractivity contribution < 1.29 is 0 Å². The van der Waals surface area contributed by atoms with E-state index >= 15 is 0 Å². The Balaban J connectivity index is 2.18. The van der Waals surface area contributed by atoms with Gasteiger partial charge in [-0.15, -0.1) is 11.6 Å². The molecule has 2 aromatic heterocycles. The van der Waals surface area contributed by atoms with Gasteiger partial charge in [-0.3, -0.25) is 0 Å². The van der Waals surface area contributed by atoms with E-state index in [1.807, 2.05) is 25.3 Å². The Bertz CT molecular complexity index is 590. The summed E-state index contributed by atoms with van der Waals surface area (Å²) in [6, 6.07) is 4.43. The van der Waals surface area contributed by atoms with E-state index in [9.17, 15) is 0 Å². The summed E-state index contributed by atoms with van der Waals surface area (Å²) in [5.74, 6) is 2.36. The highest BCUT2D eigenvalue weighted by atomic mass is 35.5. The second kappa shape index (κ2) is 4.78. The molecule has 3 nitrogen and oxygen atoms in total. The van der Waals surface area contributed by atoms with Crippen molar-refractivity contribution in [2.24, 2.45) is 11.8 Å². The lowest BCUT2D eigenvalue weighted by Crippen LogP contribution is -2.17. The number of fused-ring (bicyclic) bond motifs is 1. The topological polar surface area (TPSA) is 30.7 Å². The monoisotopic (exact) mass is 277 g/mol. The maximum absolute atomic E-state index is 6.33. The highest BCUT2D eigenvalue weighted by Gasteiger charge is 2.34. The van der Waals surface area contributed by atoms with Crippen LogP contribution >= 0.6 is 11.6 Å². The molecule has 4 heteroatoms. The third kappa shape index (κ3) is 2.04. The predicted octanol–water partition coefficient (Wildman–Crippen LogP) is 4.34. The molecule has 1 aliphatic rings. The fraction of sp³-hybridized carbons (Fsp3) is 0.600. The molecule has 4 unspecified atom stereocenters. The normalized spacial score (nSPS) is 28.9. The summed E-state index contributed by atoms with van der Waals surface area (Å²) >= 11 is 6.33. The zero-order valence-corrected chi connectivity index (χ0v) is 12.4. The van der Waals surface area contributed by atoms with Crippen LogP contribution in [0, 0.1) is 11.8 Å². The molecule has 2 heterocycles. The SMILES string of the molecule is CC(Cl)c1nc2cccnc2n1C1CCC(C)C1C. The average Bonchev–Trinajstić information content (AvgIpc) is 2.92. The highest BCUT2D eigenvalue weighted by molar-refractivity contribution is 6.20. The van der Waals surface area contributed by atoms with Gasteiger partial charge in [-0.1, -0.05) is 13.8 Å². The zero-order valence-electron chi connectivity index (χ0n) is 11.7. The number of hydrogen-bond donors (Lipinski definition) is 0. The molecule has 102 valence electrons. The van der Waals surface area contributed by atoms with Gasteiger partial charge in [-0.25, -0.2) is 9.97 Å². The molecule has 0 radical (unpaired) electrons. The van der Waals surface area contributed by atoms with Crippen LogP contribution in [0.4, 0.5) is 0 Å². The van der Waals surface area contributed by atoms with Crippen LogP contribution < -0.4 is 0 Å². The number of nitrogens with zero attached hydrogens (tertiary/aromatic N) is 3. The van der Waals surface area contributed by atoms with Crippen molar-refractivity contribution in [1.29, 1.82) is 0 Å². The first-order chi connectivity index (χ1) is 9.09. The lowest BCUT2D eigenvalue weighted by molar-refractivity contribution is 0.351. The summed E-state index contributed by atoms with van der Waals surface area (Å²) in [5.41, 5.74) is 1.94. The van der Waals surface area contributed by atoms with E-state index in [-0.39, 0.29) is 5.38 Å². The van der Waals surface area contributed by atoms with Crippen molar-refractivity contribution in [2.75, 3.05) is 0 Å². The molecule has 0 aliphatic heterocycles. The van der Waals surface area contributed by atoms with Crippen molar-refractivity contribution in [3.05, 3.63) is 24.2 Å². The number of alkyl halides is 1. The Morgan fingerprint density at radius 1 is 1.37 bits per heavy atom. The van der Waals surface area contributed by atoms with E-state index in [4.69, 9.17) is 11.6 Å². The highest BCUT2D eigenvalue weighted by Crippen LogP contribution is 2.42. The van der Waals surface area contributed by atoms with Gasteiger partial charge in [0, 0.05) is 12.2 Å². The molecule has 0 saturated heterocycles. The maximum Gasteiger partial charge on any atom is 0.160 e. The number of pyridine rings is 1. The van der Waals surface area contributed by atoms with Crippen molar-refractivity contribution in [2.45, 2.75) is 45.0 Å². The smallest absolute Gasteiger partial charge is 0.160 e. The molecule has 1 aliphatic carbocycles. The van der Waals surface area contributed by atoms with Crippen LogP contribution in [0.5, 0.6) is 0 Å². The van der Waals surface area contributed by atoms with Crippen LogP contribution in [0.3, 0.4) is 0 Å². The molecule has 4 atom stereocenters. The first kappa shape index (κ1) is 12.9. The summed E-state index contributed by atoms with van der Waals surface area (Å²) in [6.07, 6.45) is 4.31. The van der Waals surface area contributed by atoms with E-state index in [2.05, 4.69) is 28.4 Å². The molecule has 2 aromatic rings. The summed E-state index contributed by atoms with van der Waals surface area (Å²) < 4.78 is 2.29. The Hall–Kier alpha value is -1.09. The summed E-state index contributed by atoms with van der Waals surface area (Å²) in [7, 11) is 0. The number of hydrogen-bond acceptors (Lipinski definition) is 2. The minimum Gasteiger partial charge on any atom is -0.308 e. The number of halogens is 1. The van der Waals surface area contributed by atoms with E-state index in [0.717, 1.165) is 22.9 Å². The Morgan fingerprint density at radius 3 is 2.79 bits per heavy atom. The van der Waals surface area contributed by atoms with Crippen LogP contribution in [0.2, 0.25) is 0 Å². The quantitative estimate of drug-likeness (QED) is 0.765. The van der Waals surface area contributed by atoms with Crippen molar-refractivity contribution in [1.82, 2.24) is 14.5 Å². The molecule has 19 heavy (non-hydrogen) atoms. The van der Waals surface area contributed by atoms with E-state index in [1.165, 1.54) is 12.8 Å². The second-order valence-electron chi connectivity index (χ2n) is 5.78. The minimum atomic E-state index is -0.0858. The molecular weight excluding hydrogens is 258 g/mol. The molecule has 0 aromatic carbocycles. The first-order valence-electron chi connectivity index (χ1n) is 7.06. The third-order valence-electron chi connectivity index (χ3n) is 4.59. The van der Waals surface area contributed by atoms with Gasteiger partial charge in [0.15, 0.2) is 5.65 Å². The first-order valence-corrected chi connectivity index (χ1v) is 7.50. The van der Waals surface area contributed by atoms with Crippen LogP contribution in [0.25, 0.3) is 11.2 Å². The van der Waals surface area contributed by atoms with Gasteiger partial charge >= 0.3 is 0 Å². The Labute approximate surface area is 119 Å². The van der Waals surface area contributed by atoms with Gasteiger partial charge in [0.25, 0.3) is 0 Å². The Morgan fingerprint density at radius 2 is 2.16 bits per heavy atom. The Kier molecular flexibility index (Phi) is 3.25. The largest absolute Gasteiger partial charge is 0.308 e. The molecular formula is C15H20ClN3. The summed E-state index contributed by atoms with van der Waals surface area (Å²) in [4.78, 5) is 9.21. The van der Waals surface area contributed by atoms with Crippen molar-refractivity contribution in [3.63, 3.8) is 0 Å². The van der Waals surface area contributed by atoms with E-state index in [1.54, 1.807) is 0 Å². The van der Waals surface area contributed by atoms with Gasteiger partial charge in [-0.05, 0) is 43.7 Å². The van der Waals surface area contributed by atoms with Crippen LogP contribution in [0.1, 0.15) is 50.9 Å². The fourth-order valence-electron chi connectivity index (χ4n) is 3.26. The maximum atomic E-state index is 6.33. The fourth-order valence-corrected chi connectivity index (χ4v) is 3.41. The predicted molar refractivity (Wildman–Crippen MR) is 78.4 cm³/mol. The molecule has 0 bridgehead atoms. The van der Waals surface area contributed by atoms with Gasteiger partial charge < -0.3 is 4.57 Å². The van der Waals surface area contributed by atoms with Gasteiger partial charge in [0.05, 0.1) is 5.38 Å². The number of aromatic nitrogens is 3.